The Morgan fingerprint density at radius 2 is 2.45 bits per heavy atom. The quantitative estimate of drug-likeness (QED) is 0.617. The topological polar surface area (TPSA) is 22.1 Å². The minimum atomic E-state index is 0.830. The lowest BCUT2D eigenvalue weighted by Gasteiger charge is -2.15. The summed E-state index contributed by atoms with van der Waals surface area (Å²) in [5, 5.41) is 0. The Morgan fingerprint density at radius 3 is 3.36 bits per heavy atom. The van der Waals surface area contributed by atoms with E-state index in [9.17, 15) is 0 Å². The van der Waals surface area contributed by atoms with E-state index in [0.29, 0.717) is 0 Å². The van der Waals surface area contributed by atoms with Crippen LogP contribution in [0.3, 0.4) is 0 Å². The normalized spacial score (nSPS) is 15.4. The highest BCUT2D eigenvalue weighted by atomic mass is 79.9. The first-order chi connectivity index (χ1) is 5.36. The van der Waals surface area contributed by atoms with Crippen molar-refractivity contribution in [3.05, 3.63) is 22.4 Å². The Morgan fingerprint density at radius 1 is 1.55 bits per heavy atom. The molecule has 3 heteroatoms. The number of hydrogen-bond acceptors (Lipinski definition) is 2. The molecule has 1 aromatic heterocycles. The van der Waals surface area contributed by atoms with E-state index in [1.807, 2.05) is 6.07 Å². The van der Waals surface area contributed by atoms with Crippen LogP contribution in [0.5, 0.6) is 5.75 Å². The standard InChI is InChI=1S/C8H8BrNO/c9-8-4-6-2-1-3-11-7(6)5-10-8/h4-5H,1-3H2. The summed E-state index contributed by atoms with van der Waals surface area (Å²) in [6.45, 7) is 0.830. The first-order valence-corrected chi connectivity index (χ1v) is 4.43. The molecule has 1 aliphatic heterocycles. The van der Waals surface area contributed by atoms with Crippen molar-refractivity contribution < 1.29 is 4.74 Å². The molecule has 2 nitrogen and oxygen atoms in total. The molecule has 0 saturated carbocycles. The summed E-state index contributed by atoms with van der Waals surface area (Å²) in [6.07, 6.45) is 4.00. The van der Waals surface area contributed by atoms with Crippen molar-refractivity contribution in [3.8, 4) is 5.75 Å². The maximum absolute atomic E-state index is 5.40. The van der Waals surface area contributed by atoms with Crippen LogP contribution in [0.2, 0.25) is 0 Å². The molecule has 58 valence electrons. The van der Waals surface area contributed by atoms with E-state index in [1.165, 1.54) is 5.56 Å². The van der Waals surface area contributed by atoms with Gasteiger partial charge >= 0.3 is 0 Å². The summed E-state index contributed by atoms with van der Waals surface area (Å²) in [7, 11) is 0. The van der Waals surface area contributed by atoms with Gasteiger partial charge in [-0.25, -0.2) is 4.98 Å². The number of hydrogen-bond donors (Lipinski definition) is 0. The van der Waals surface area contributed by atoms with Crippen molar-refractivity contribution in [3.63, 3.8) is 0 Å². The highest BCUT2D eigenvalue weighted by molar-refractivity contribution is 9.10. The molecule has 0 unspecified atom stereocenters. The fourth-order valence-electron chi connectivity index (χ4n) is 1.23. The highest BCUT2D eigenvalue weighted by Gasteiger charge is 2.09. The van der Waals surface area contributed by atoms with Gasteiger partial charge in [-0.15, -0.1) is 0 Å². The molecule has 0 atom stereocenters. The zero-order chi connectivity index (χ0) is 7.68. The van der Waals surface area contributed by atoms with Gasteiger partial charge in [-0.2, -0.15) is 0 Å². The number of nitrogens with zero attached hydrogens (tertiary/aromatic N) is 1. The van der Waals surface area contributed by atoms with Gasteiger partial charge in [-0.3, -0.25) is 0 Å². The SMILES string of the molecule is Brc1cc2c(cn1)OCCC2. The predicted molar refractivity (Wildman–Crippen MR) is 45.8 cm³/mol. The number of fused-ring (bicyclic) bond motifs is 1. The van der Waals surface area contributed by atoms with E-state index in [2.05, 4.69) is 20.9 Å². The lowest BCUT2D eigenvalue weighted by atomic mass is 10.1. The number of ether oxygens (including phenoxy) is 1. The number of aryl methyl sites for hydroxylation is 1. The van der Waals surface area contributed by atoms with Crippen molar-refractivity contribution >= 4 is 15.9 Å². The van der Waals surface area contributed by atoms with E-state index >= 15 is 0 Å². The number of pyridine rings is 1. The molecule has 2 heterocycles. The van der Waals surface area contributed by atoms with Gasteiger partial charge in [-0.1, -0.05) is 0 Å². The third-order valence-electron chi connectivity index (χ3n) is 1.76. The van der Waals surface area contributed by atoms with Gasteiger partial charge in [0, 0.05) is 0 Å². The molecule has 1 aromatic rings. The average molecular weight is 214 g/mol. The smallest absolute Gasteiger partial charge is 0.140 e. The van der Waals surface area contributed by atoms with Crippen LogP contribution in [0, 0.1) is 0 Å². The summed E-state index contributed by atoms with van der Waals surface area (Å²) in [5.41, 5.74) is 1.26. The molecule has 0 aliphatic carbocycles. The third kappa shape index (κ3) is 1.38. The van der Waals surface area contributed by atoms with Crippen LogP contribution in [0.4, 0.5) is 0 Å². The molecule has 1 aliphatic rings. The first kappa shape index (κ1) is 7.10. The number of aromatic nitrogens is 1. The van der Waals surface area contributed by atoms with Gasteiger partial charge in [0.2, 0.25) is 0 Å². The van der Waals surface area contributed by atoms with Crippen LogP contribution in [0.1, 0.15) is 12.0 Å². The molecule has 0 radical (unpaired) electrons. The summed E-state index contributed by atoms with van der Waals surface area (Å²) in [6, 6.07) is 2.02. The van der Waals surface area contributed by atoms with E-state index < -0.39 is 0 Å². The molecule has 0 fully saturated rings. The first-order valence-electron chi connectivity index (χ1n) is 3.63. The van der Waals surface area contributed by atoms with Gasteiger partial charge in [0.25, 0.3) is 0 Å². The molecule has 0 N–H and O–H groups in total. The minimum absolute atomic E-state index is 0.830. The van der Waals surface area contributed by atoms with Gasteiger partial charge in [0.15, 0.2) is 0 Å². The van der Waals surface area contributed by atoms with Crippen LogP contribution >= 0.6 is 15.9 Å². The minimum Gasteiger partial charge on any atom is -0.492 e. The Bertz CT molecular complexity index is 275. The van der Waals surface area contributed by atoms with Gasteiger partial charge < -0.3 is 4.74 Å². The fraction of sp³-hybridized carbons (Fsp3) is 0.375. The van der Waals surface area contributed by atoms with E-state index in [1.54, 1.807) is 6.20 Å². The van der Waals surface area contributed by atoms with E-state index in [4.69, 9.17) is 4.74 Å². The van der Waals surface area contributed by atoms with Gasteiger partial charge in [0.1, 0.15) is 10.4 Å². The zero-order valence-electron chi connectivity index (χ0n) is 6.01. The molecule has 0 aromatic carbocycles. The lowest BCUT2D eigenvalue weighted by Crippen LogP contribution is -2.08. The van der Waals surface area contributed by atoms with Crippen LogP contribution < -0.4 is 4.74 Å². The number of rotatable bonds is 0. The molecular formula is C8H8BrNO. The van der Waals surface area contributed by atoms with Crippen molar-refractivity contribution in [1.29, 1.82) is 0 Å². The third-order valence-corrected chi connectivity index (χ3v) is 2.20. The summed E-state index contributed by atoms with van der Waals surface area (Å²) < 4.78 is 6.29. The molecule has 0 amide bonds. The predicted octanol–water partition coefficient (Wildman–Crippen LogP) is 2.17. The molecule has 11 heavy (non-hydrogen) atoms. The van der Waals surface area contributed by atoms with Gasteiger partial charge in [-0.05, 0) is 40.4 Å². The molecule has 0 saturated heterocycles. The van der Waals surface area contributed by atoms with Crippen molar-refractivity contribution in [2.45, 2.75) is 12.8 Å². The molecule has 2 rings (SSSR count). The Kier molecular flexibility index (Phi) is 1.82. The second-order valence-corrected chi connectivity index (χ2v) is 3.38. The average Bonchev–Trinajstić information content (AvgIpc) is 2.04. The van der Waals surface area contributed by atoms with Crippen LogP contribution in [0.25, 0.3) is 0 Å². The maximum Gasteiger partial charge on any atom is 0.140 e. The summed E-state index contributed by atoms with van der Waals surface area (Å²) in [5.74, 6) is 0.944. The second-order valence-electron chi connectivity index (χ2n) is 2.57. The Labute approximate surface area is 73.7 Å². The summed E-state index contributed by atoms with van der Waals surface area (Å²) in [4.78, 5) is 4.08. The second kappa shape index (κ2) is 2.81. The fourth-order valence-corrected chi connectivity index (χ4v) is 1.60. The molecule has 0 spiro atoms. The molecular weight excluding hydrogens is 206 g/mol. The monoisotopic (exact) mass is 213 g/mol. The van der Waals surface area contributed by atoms with E-state index in [0.717, 1.165) is 29.8 Å². The highest BCUT2D eigenvalue weighted by Crippen LogP contribution is 2.25. The van der Waals surface area contributed by atoms with Crippen LogP contribution in [-0.2, 0) is 6.42 Å². The van der Waals surface area contributed by atoms with Crippen LogP contribution in [0.15, 0.2) is 16.9 Å². The summed E-state index contributed by atoms with van der Waals surface area (Å²) >= 11 is 3.32. The lowest BCUT2D eigenvalue weighted by molar-refractivity contribution is 0.287. The van der Waals surface area contributed by atoms with E-state index in [-0.39, 0.29) is 0 Å². The Balaban J connectivity index is 2.43. The number of halogens is 1. The van der Waals surface area contributed by atoms with Crippen LogP contribution in [-0.4, -0.2) is 11.6 Å². The molecule has 0 bridgehead atoms. The zero-order valence-corrected chi connectivity index (χ0v) is 7.60. The maximum atomic E-state index is 5.40. The van der Waals surface area contributed by atoms with Crippen molar-refractivity contribution in [2.75, 3.05) is 6.61 Å². The van der Waals surface area contributed by atoms with Crippen molar-refractivity contribution in [1.82, 2.24) is 4.98 Å². The Hall–Kier alpha value is -0.570. The largest absolute Gasteiger partial charge is 0.492 e. The van der Waals surface area contributed by atoms with Crippen molar-refractivity contribution in [2.24, 2.45) is 0 Å². The van der Waals surface area contributed by atoms with Gasteiger partial charge in [0.05, 0.1) is 12.8 Å².